The SMILES string of the molecule is CN1CCN(CCNc2nnc(-c3ccccc3)c(Cl)c2C(=N)c2ccccc2)CC1=O. The highest BCUT2D eigenvalue weighted by Crippen LogP contribution is 2.33. The van der Waals surface area contributed by atoms with Crippen LogP contribution in [0.3, 0.4) is 0 Å². The van der Waals surface area contributed by atoms with E-state index < -0.39 is 0 Å². The summed E-state index contributed by atoms with van der Waals surface area (Å²) in [7, 11) is 1.82. The maximum atomic E-state index is 12.0. The Balaban J connectivity index is 1.60. The third-order valence-corrected chi connectivity index (χ3v) is 5.90. The van der Waals surface area contributed by atoms with Gasteiger partial charge in [-0.1, -0.05) is 72.3 Å². The lowest BCUT2D eigenvalue weighted by Gasteiger charge is -2.31. The number of likely N-dealkylation sites (N-methyl/N-ethyl adjacent to an activating group) is 1. The van der Waals surface area contributed by atoms with Crippen molar-refractivity contribution in [2.45, 2.75) is 0 Å². The molecule has 0 saturated carbocycles. The maximum absolute atomic E-state index is 12.0. The zero-order chi connectivity index (χ0) is 22.5. The number of carbonyl (C=O) groups excluding carboxylic acids is 1. The fourth-order valence-electron chi connectivity index (χ4n) is 3.63. The van der Waals surface area contributed by atoms with Crippen molar-refractivity contribution in [2.24, 2.45) is 0 Å². The second kappa shape index (κ2) is 9.89. The number of hydrogen-bond acceptors (Lipinski definition) is 6. The average molecular weight is 449 g/mol. The van der Waals surface area contributed by atoms with Crippen LogP contribution in [0.2, 0.25) is 5.02 Å². The van der Waals surface area contributed by atoms with Gasteiger partial charge < -0.3 is 10.2 Å². The second-order valence-corrected chi connectivity index (χ2v) is 8.09. The first-order chi connectivity index (χ1) is 15.5. The molecule has 2 heterocycles. The Kier molecular flexibility index (Phi) is 6.78. The zero-order valence-corrected chi connectivity index (χ0v) is 18.6. The van der Waals surface area contributed by atoms with Crippen molar-refractivity contribution in [2.75, 3.05) is 45.1 Å². The molecule has 1 aliphatic rings. The summed E-state index contributed by atoms with van der Waals surface area (Å²) < 4.78 is 0. The number of carbonyl (C=O) groups is 1. The van der Waals surface area contributed by atoms with Gasteiger partial charge in [0.2, 0.25) is 5.91 Å². The molecule has 0 bridgehead atoms. The Morgan fingerprint density at radius 2 is 1.75 bits per heavy atom. The summed E-state index contributed by atoms with van der Waals surface area (Å²) in [5.41, 5.74) is 2.92. The first-order valence-corrected chi connectivity index (χ1v) is 10.9. The van der Waals surface area contributed by atoms with Crippen LogP contribution in [0.5, 0.6) is 0 Å². The molecule has 1 saturated heterocycles. The lowest BCUT2D eigenvalue weighted by Crippen LogP contribution is -2.49. The minimum Gasteiger partial charge on any atom is -0.367 e. The van der Waals surface area contributed by atoms with Crippen LogP contribution in [0.15, 0.2) is 60.7 Å². The number of anilines is 1. The fraction of sp³-hybridized carbons (Fsp3) is 0.250. The van der Waals surface area contributed by atoms with Crippen LogP contribution in [-0.4, -0.2) is 71.4 Å². The molecule has 7 nitrogen and oxygen atoms in total. The summed E-state index contributed by atoms with van der Waals surface area (Å²) in [5.74, 6) is 0.585. The number of piperazine rings is 1. The van der Waals surface area contributed by atoms with Gasteiger partial charge in [0.25, 0.3) is 0 Å². The average Bonchev–Trinajstić information content (AvgIpc) is 2.82. The van der Waals surface area contributed by atoms with Gasteiger partial charge in [-0.25, -0.2) is 0 Å². The van der Waals surface area contributed by atoms with Crippen LogP contribution in [0.4, 0.5) is 5.82 Å². The van der Waals surface area contributed by atoms with Crippen molar-refractivity contribution in [1.29, 1.82) is 5.41 Å². The van der Waals surface area contributed by atoms with Gasteiger partial charge in [0.05, 0.1) is 22.8 Å². The van der Waals surface area contributed by atoms with Gasteiger partial charge in [0.1, 0.15) is 5.69 Å². The van der Waals surface area contributed by atoms with Crippen LogP contribution in [0.1, 0.15) is 11.1 Å². The van der Waals surface area contributed by atoms with Crippen molar-refractivity contribution >= 4 is 29.0 Å². The van der Waals surface area contributed by atoms with Gasteiger partial charge in [0.15, 0.2) is 5.82 Å². The second-order valence-electron chi connectivity index (χ2n) is 7.71. The maximum Gasteiger partial charge on any atom is 0.236 e. The number of benzene rings is 2. The predicted molar refractivity (Wildman–Crippen MR) is 127 cm³/mol. The number of nitrogens with one attached hydrogen (secondary N) is 2. The van der Waals surface area contributed by atoms with Crippen molar-refractivity contribution in [3.05, 3.63) is 76.8 Å². The number of hydrogen-bond donors (Lipinski definition) is 2. The summed E-state index contributed by atoms with van der Waals surface area (Å²) in [4.78, 5) is 15.8. The van der Waals surface area contributed by atoms with E-state index in [4.69, 9.17) is 17.0 Å². The minimum atomic E-state index is 0.123. The number of aromatic nitrogens is 2. The molecule has 0 atom stereocenters. The molecule has 0 radical (unpaired) electrons. The predicted octanol–water partition coefficient (Wildman–Crippen LogP) is 3.40. The van der Waals surface area contributed by atoms with Crippen LogP contribution in [0, 0.1) is 5.41 Å². The van der Waals surface area contributed by atoms with Gasteiger partial charge in [-0.2, -0.15) is 0 Å². The molecule has 8 heteroatoms. The van der Waals surface area contributed by atoms with E-state index in [0.29, 0.717) is 41.7 Å². The summed E-state index contributed by atoms with van der Waals surface area (Å²) in [6.45, 7) is 3.19. The van der Waals surface area contributed by atoms with Gasteiger partial charge in [0, 0.05) is 44.4 Å². The van der Waals surface area contributed by atoms with Crippen LogP contribution < -0.4 is 5.32 Å². The molecule has 1 amide bonds. The highest BCUT2D eigenvalue weighted by atomic mass is 35.5. The normalized spacial score (nSPS) is 14.4. The first-order valence-electron chi connectivity index (χ1n) is 10.5. The topological polar surface area (TPSA) is 85.2 Å². The van der Waals surface area contributed by atoms with Gasteiger partial charge >= 0.3 is 0 Å². The monoisotopic (exact) mass is 448 g/mol. The van der Waals surface area contributed by atoms with Crippen LogP contribution in [0.25, 0.3) is 11.3 Å². The summed E-state index contributed by atoms with van der Waals surface area (Å²) >= 11 is 6.81. The number of rotatable bonds is 7. The molecule has 32 heavy (non-hydrogen) atoms. The third-order valence-electron chi connectivity index (χ3n) is 5.53. The van der Waals surface area contributed by atoms with Gasteiger partial charge in [-0.15, -0.1) is 10.2 Å². The van der Waals surface area contributed by atoms with Crippen molar-refractivity contribution in [3.63, 3.8) is 0 Å². The van der Waals surface area contributed by atoms with Crippen molar-refractivity contribution < 1.29 is 4.79 Å². The minimum absolute atomic E-state index is 0.123. The fourth-order valence-corrected chi connectivity index (χ4v) is 3.96. The van der Waals surface area contributed by atoms with E-state index in [1.807, 2.05) is 67.7 Å². The highest BCUT2D eigenvalue weighted by molar-refractivity contribution is 6.38. The molecule has 1 aromatic heterocycles. The third kappa shape index (κ3) is 4.79. The molecule has 1 fully saturated rings. The number of nitrogens with zero attached hydrogens (tertiary/aromatic N) is 4. The number of amides is 1. The molecule has 164 valence electrons. The highest BCUT2D eigenvalue weighted by Gasteiger charge is 2.23. The molecule has 0 unspecified atom stereocenters. The van der Waals surface area contributed by atoms with E-state index in [0.717, 1.165) is 24.2 Å². The van der Waals surface area contributed by atoms with Crippen LogP contribution >= 0.6 is 11.6 Å². The Morgan fingerprint density at radius 3 is 2.44 bits per heavy atom. The molecule has 2 N–H and O–H groups in total. The Morgan fingerprint density at radius 1 is 1.06 bits per heavy atom. The molecule has 0 spiro atoms. The van der Waals surface area contributed by atoms with E-state index in [1.54, 1.807) is 4.90 Å². The van der Waals surface area contributed by atoms with E-state index in [2.05, 4.69) is 20.4 Å². The van der Waals surface area contributed by atoms with Crippen molar-refractivity contribution in [1.82, 2.24) is 20.0 Å². The largest absolute Gasteiger partial charge is 0.367 e. The molecule has 2 aromatic carbocycles. The molecular formula is C24H25ClN6O. The lowest BCUT2D eigenvalue weighted by molar-refractivity contribution is -0.134. The zero-order valence-electron chi connectivity index (χ0n) is 17.9. The quantitative estimate of drug-likeness (QED) is 0.541. The van der Waals surface area contributed by atoms with Gasteiger partial charge in [-0.3, -0.25) is 15.1 Å². The summed E-state index contributed by atoms with van der Waals surface area (Å²) in [5, 5.41) is 21.3. The number of halogens is 1. The van der Waals surface area contributed by atoms with Gasteiger partial charge in [-0.05, 0) is 0 Å². The van der Waals surface area contributed by atoms with E-state index in [9.17, 15) is 4.79 Å². The standard InChI is InChI=1S/C24H25ClN6O/c1-30-14-15-31(16-19(30)32)13-12-27-24-20(22(26)17-8-4-2-5-9-17)21(25)23(28-29-24)18-10-6-3-7-11-18/h2-11,26H,12-16H2,1H3,(H,27,29). The Bertz CT molecular complexity index is 1110. The Labute approximate surface area is 192 Å². The van der Waals surface area contributed by atoms with Crippen molar-refractivity contribution in [3.8, 4) is 11.3 Å². The smallest absolute Gasteiger partial charge is 0.236 e. The van der Waals surface area contributed by atoms with Crippen LogP contribution in [-0.2, 0) is 4.79 Å². The summed E-state index contributed by atoms with van der Waals surface area (Å²) in [6.07, 6.45) is 0. The molecule has 3 aromatic rings. The lowest BCUT2D eigenvalue weighted by atomic mass is 10.0. The van der Waals surface area contributed by atoms with E-state index >= 15 is 0 Å². The molecule has 0 aliphatic carbocycles. The van der Waals surface area contributed by atoms with E-state index in [1.165, 1.54) is 0 Å². The molecular weight excluding hydrogens is 424 g/mol. The summed E-state index contributed by atoms with van der Waals surface area (Å²) in [6, 6.07) is 19.0. The molecule has 1 aliphatic heterocycles. The van der Waals surface area contributed by atoms with E-state index in [-0.39, 0.29) is 11.6 Å². The Hall–Kier alpha value is -3.29. The first kappa shape index (κ1) is 21.9. The molecule has 4 rings (SSSR count).